The molecular formula is C29H36N2O6. The van der Waals surface area contributed by atoms with Gasteiger partial charge in [0.05, 0.1) is 18.2 Å². The Morgan fingerprint density at radius 2 is 1.89 bits per heavy atom. The number of carbonyl (C=O) groups excluding carboxylic acids is 2. The van der Waals surface area contributed by atoms with Crippen LogP contribution in [0.5, 0.6) is 17.2 Å². The van der Waals surface area contributed by atoms with E-state index in [1.54, 1.807) is 24.3 Å². The molecule has 1 saturated heterocycles. The van der Waals surface area contributed by atoms with Crippen LogP contribution in [0, 0.1) is 0 Å². The Kier molecular flexibility index (Phi) is 8.07. The number of ether oxygens (including phenoxy) is 2. The van der Waals surface area contributed by atoms with E-state index in [4.69, 9.17) is 9.47 Å². The Bertz CT molecular complexity index is 1200. The number of rotatable bonds is 10. The average Bonchev–Trinajstić information content (AvgIpc) is 3.38. The number of Topliss-reactive ketones (excluding diaryl/α,β-unsaturated/α-hetero) is 1. The summed E-state index contributed by atoms with van der Waals surface area (Å²) in [4.78, 5) is 30.4. The second-order valence-electron chi connectivity index (χ2n) is 9.49. The number of carbonyl (C=O) groups is 2. The van der Waals surface area contributed by atoms with E-state index in [0.717, 1.165) is 30.9 Å². The monoisotopic (exact) mass is 508 g/mol. The SMILES string of the molecule is CCOc1cc(C2/C(=C(/O)c3ccc4c(c3)CC(C)O4)C(=O)C(=O)N2CCCN(CC)CC)ccc1O. The Balaban J connectivity index is 1.77. The predicted molar refractivity (Wildman–Crippen MR) is 141 cm³/mol. The highest BCUT2D eigenvalue weighted by Gasteiger charge is 2.46. The number of likely N-dealkylation sites (tertiary alicyclic amines) is 1. The van der Waals surface area contributed by atoms with Gasteiger partial charge in [-0.1, -0.05) is 19.9 Å². The Morgan fingerprint density at radius 1 is 1.14 bits per heavy atom. The number of aliphatic hydroxyl groups is 1. The lowest BCUT2D eigenvalue weighted by Crippen LogP contribution is -2.33. The van der Waals surface area contributed by atoms with Gasteiger partial charge in [0.1, 0.15) is 17.6 Å². The van der Waals surface area contributed by atoms with Gasteiger partial charge in [-0.3, -0.25) is 9.59 Å². The van der Waals surface area contributed by atoms with Gasteiger partial charge >= 0.3 is 0 Å². The molecule has 8 nitrogen and oxygen atoms in total. The topological polar surface area (TPSA) is 99.5 Å². The van der Waals surface area contributed by atoms with E-state index in [1.807, 2.05) is 19.9 Å². The van der Waals surface area contributed by atoms with Crippen LogP contribution in [0.3, 0.4) is 0 Å². The maximum Gasteiger partial charge on any atom is 0.295 e. The van der Waals surface area contributed by atoms with Crippen molar-refractivity contribution in [3.63, 3.8) is 0 Å². The van der Waals surface area contributed by atoms with Gasteiger partial charge in [-0.15, -0.1) is 0 Å². The van der Waals surface area contributed by atoms with Crippen LogP contribution < -0.4 is 9.47 Å². The Hall–Kier alpha value is -3.52. The number of amides is 1. The normalized spacial score (nSPS) is 20.4. The van der Waals surface area contributed by atoms with Crippen LogP contribution >= 0.6 is 0 Å². The molecule has 2 N–H and O–H groups in total. The summed E-state index contributed by atoms with van der Waals surface area (Å²) in [6, 6.07) is 9.30. The number of aliphatic hydroxyl groups excluding tert-OH is 1. The molecular weight excluding hydrogens is 472 g/mol. The quantitative estimate of drug-likeness (QED) is 0.281. The largest absolute Gasteiger partial charge is 0.507 e. The number of fused-ring (bicyclic) bond motifs is 1. The minimum Gasteiger partial charge on any atom is -0.507 e. The fourth-order valence-electron chi connectivity index (χ4n) is 5.16. The predicted octanol–water partition coefficient (Wildman–Crippen LogP) is 4.27. The Labute approximate surface area is 218 Å². The van der Waals surface area contributed by atoms with Crippen molar-refractivity contribution in [1.29, 1.82) is 0 Å². The van der Waals surface area contributed by atoms with Gasteiger partial charge in [-0.25, -0.2) is 0 Å². The van der Waals surface area contributed by atoms with E-state index >= 15 is 0 Å². The van der Waals surface area contributed by atoms with Gasteiger partial charge in [0.15, 0.2) is 11.5 Å². The van der Waals surface area contributed by atoms with Crippen molar-refractivity contribution in [2.75, 3.05) is 32.8 Å². The highest BCUT2D eigenvalue weighted by Crippen LogP contribution is 2.42. The van der Waals surface area contributed by atoms with Crippen molar-refractivity contribution in [3.05, 3.63) is 58.7 Å². The summed E-state index contributed by atoms with van der Waals surface area (Å²) in [5.74, 6) is -0.591. The molecule has 2 aromatic carbocycles. The lowest BCUT2D eigenvalue weighted by molar-refractivity contribution is -0.140. The van der Waals surface area contributed by atoms with Crippen molar-refractivity contribution in [3.8, 4) is 17.2 Å². The van der Waals surface area contributed by atoms with Crippen molar-refractivity contribution in [1.82, 2.24) is 9.80 Å². The summed E-state index contributed by atoms with van der Waals surface area (Å²) in [5.41, 5.74) is 2.03. The minimum absolute atomic E-state index is 0.0307. The molecule has 0 spiro atoms. The number of hydrogen-bond acceptors (Lipinski definition) is 7. The number of aromatic hydroxyl groups is 1. The van der Waals surface area contributed by atoms with Crippen molar-refractivity contribution in [2.45, 2.75) is 52.7 Å². The van der Waals surface area contributed by atoms with E-state index in [1.165, 1.54) is 11.0 Å². The molecule has 2 atom stereocenters. The van der Waals surface area contributed by atoms with Gasteiger partial charge in [0.25, 0.3) is 11.7 Å². The molecule has 8 heteroatoms. The molecule has 2 aliphatic rings. The smallest absolute Gasteiger partial charge is 0.295 e. The van der Waals surface area contributed by atoms with Crippen molar-refractivity contribution >= 4 is 17.4 Å². The molecule has 198 valence electrons. The fourth-order valence-corrected chi connectivity index (χ4v) is 5.16. The zero-order chi connectivity index (χ0) is 26.7. The van der Waals surface area contributed by atoms with Gasteiger partial charge in [0, 0.05) is 18.5 Å². The molecule has 4 rings (SSSR count). The third-order valence-corrected chi connectivity index (χ3v) is 7.08. The van der Waals surface area contributed by atoms with Gasteiger partial charge in [-0.05, 0) is 81.4 Å². The van der Waals surface area contributed by atoms with E-state index in [0.29, 0.717) is 37.1 Å². The molecule has 2 unspecified atom stereocenters. The molecule has 0 radical (unpaired) electrons. The Morgan fingerprint density at radius 3 is 2.59 bits per heavy atom. The third kappa shape index (κ3) is 5.30. The van der Waals surface area contributed by atoms with E-state index in [-0.39, 0.29) is 28.9 Å². The van der Waals surface area contributed by atoms with Crippen molar-refractivity contribution < 1.29 is 29.3 Å². The minimum atomic E-state index is -0.806. The maximum absolute atomic E-state index is 13.4. The van der Waals surface area contributed by atoms with E-state index < -0.39 is 17.7 Å². The molecule has 2 aliphatic heterocycles. The van der Waals surface area contributed by atoms with Gasteiger partial charge in [-0.2, -0.15) is 0 Å². The summed E-state index contributed by atoms with van der Waals surface area (Å²) in [6.07, 6.45) is 1.42. The number of phenolic OH excluding ortho intramolecular Hbond substituents is 1. The average molecular weight is 509 g/mol. The molecule has 0 aliphatic carbocycles. The first-order valence-electron chi connectivity index (χ1n) is 13.0. The second-order valence-corrected chi connectivity index (χ2v) is 9.49. The lowest BCUT2D eigenvalue weighted by Gasteiger charge is -2.27. The molecule has 2 heterocycles. The highest BCUT2D eigenvalue weighted by atomic mass is 16.5. The zero-order valence-corrected chi connectivity index (χ0v) is 22.0. The van der Waals surface area contributed by atoms with Crippen LogP contribution in [0.25, 0.3) is 5.76 Å². The standard InChI is InChI=1S/C29H36N2O6/c1-5-30(6-2)13-8-14-31-26(19-9-11-22(32)24(17-19)36-7-3)25(28(34)29(31)35)27(33)20-10-12-23-21(16-20)15-18(4)37-23/h9-12,16-18,26,32-33H,5-8,13-15H2,1-4H3/b27-25-. The molecule has 0 aromatic heterocycles. The first-order valence-corrected chi connectivity index (χ1v) is 13.0. The highest BCUT2D eigenvalue weighted by molar-refractivity contribution is 6.46. The summed E-state index contributed by atoms with van der Waals surface area (Å²) in [5, 5.41) is 21.7. The number of hydrogen-bond donors (Lipinski definition) is 2. The fraction of sp³-hybridized carbons (Fsp3) is 0.448. The van der Waals surface area contributed by atoms with E-state index in [9.17, 15) is 19.8 Å². The lowest BCUT2D eigenvalue weighted by atomic mass is 9.94. The van der Waals surface area contributed by atoms with Crippen molar-refractivity contribution in [2.24, 2.45) is 0 Å². The molecule has 0 saturated carbocycles. The van der Waals surface area contributed by atoms with Gasteiger partial charge < -0.3 is 29.5 Å². The van der Waals surface area contributed by atoms with Gasteiger partial charge in [0.2, 0.25) is 0 Å². The second kappa shape index (κ2) is 11.3. The van der Waals surface area contributed by atoms with Crippen LogP contribution in [-0.2, 0) is 16.0 Å². The van der Waals surface area contributed by atoms with Crippen LogP contribution in [0.15, 0.2) is 42.0 Å². The first kappa shape index (κ1) is 26.5. The summed E-state index contributed by atoms with van der Waals surface area (Å²) >= 11 is 0. The summed E-state index contributed by atoms with van der Waals surface area (Å²) < 4.78 is 11.3. The zero-order valence-electron chi connectivity index (χ0n) is 22.0. The molecule has 0 bridgehead atoms. The molecule has 1 fully saturated rings. The summed E-state index contributed by atoms with van der Waals surface area (Å²) in [6.45, 7) is 11.2. The molecule has 37 heavy (non-hydrogen) atoms. The number of nitrogens with zero attached hydrogens (tertiary/aromatic N) is 2. The molecule has 2 aromatic rings. The number of phenols is 1. The van der Waals surface area contributed by atoms with Crippen LogP contribution in [0.1, 0.15) is 56.8 Å². The number of benzene rings is 2. The van der Waals surface area contributed by atoms with Crippen LogP contribution in [0.4, 0.5) is 0 Å². The third-order valence-electron chi connectivity index (χ3n) is 7.08. The summed E-state index contributed by atoms with van der Waals surface area (Å²) in [7, 11) is 0. The first-order chi connectivity index (χ1) is 17.8. The van der Waals surface area contributed by atoms with Crippen LogP contribution in [-0.4, -0.2) is 70.6 Å². The molecule has 1 amide bonds. The maximum atomic E-state index is 13.4. The van der Waals surface area contributed by atoms with E-state index in [2.05, 4.69) is 18.7 Å². The number of ketones is 1. The van der Waals surface area contributed by atoms with Crippen LogP contribution in [0.2, 0.25) is 0 Å².